The molecule has 0 heterocycles. The Bertz CT molecular complexity index is 212. The van der Waals surface area contributed by atoms with Crippen LogP contribution < -0.4 is 0 Å². The number of hydrogen-bond acceptors (Lipinski definition) is 2. The van der Waals surface area contributed by atoms with Crippen LogP contribution in [-0.4, -0.2) is 11.5 Å². The third-order valence-corrected chi connectivity index (χ3v) is 2.24. The van der Waals surface area contributed by atoms with Gasteiger partial charge in [-0.3, -0.25) is 0 Å². The maximum atomic E-state index is 4.20. The summed E-state index contributed by atoms with van der Waals surface area (Å²) in [7, 11) is 0. The van der Waals surface area contributed by atoms with Crippen LogP contribution in [-0.2, 0) is 12.8 Å². The lowest BCUT2D eigenvalue weighted by atomic mass is 10.1. The van der Waals surface area contributed by atoms with E-state index in [0.717, 1.165) is 24.3 Å². The van der Waals surface area contributed by atoms with E-state index < -0.39 is 0 Å². The first kappa shape index (κ1) is 10.0. The van der Waals surface area contributed by atoms with E-state index in [1.54, 1.807) is 0 Å². The first-order valence-corrected chi connectivity index (χ1v) is 5.43. The Labute approximate surface area is 85.2 Å². The number of hydrogen-bond donors (Lipinski definition) is 2. The number of rotatable bonds is 4. The van der Waals surface area contributed by atoms with Gasteiger partial charge in [-0.05, 0) is 35.5 Å². The van der Waals surface area contributed by atoms with E-state index in [1.807, 2.05) is 0 Å². The van der Waals surface area contributed by atoms with Crippen molar-refractivity contribution < 1.29 is 0 Å². The predicted octanol–water partition coefficient (Wildman–Crippen LogP) is 2.63. The molecule has 0 saturated carbocycles. The summed E-state index contributed by atoms with van der Waals surface area (Å²) in [6.07, 6.45) is 2.12. The van der Waals surface area contributed by atoms with Gasteiger partial charge in [-0.25, -0.2) is 0 Å². The first-order chi connectivity index (χ1) is 5.86. The highest BCUT2D eigenvalue weighted by Gasteiger charge is 1.93. The second-order valence-electron chi connectivity index (χ2n) is 2.77. The summed E-state index contributed by atoms with van der Waals surface area (Å²) < 4.78 is 0. The molecule has 66 valence electrons. The maximum absolute atomic E-state index is 4.20. The molecule has 0 aromatic heterocycles. The average Bonchev–Trinajstić information content (AvgIpc) is 2.06. The molecular formula is C10H14S2. The molecule has 0 radical (unpaired) electrons. The predicted molar refractivity (Wildman–Crippen MR) is 61.6 cm³/mol. The molecule has 0 atom stereocenters. The van der Waals surface area contributed by atoms with Crippen molar-refractivity contribution in [2.45, 2.75) is 12.8 Å². The van der Waals surface area contributed by atoms with Gasteiger partial charge in [0, 0.05) is 0 Å². The number of aryl methyl sites for hydroxylation is 2. The Morgan fingerprint density at radius 1 is 0.917 bits per heavy atom. The monoisotopic (exact) mass is 198 g/mol. The summed E-state index contributed by atoms with van der Waals surface area (Å²) in [4.78, 5) is 0. The van der Waals surface area contributed by atoms with E-state index in [0.29, 0.717) is 0 Å². The fraction of sp³-hybridized carbons (Fsp3) is 0.400. The molecule has 0 saturated heterocycles. The van der Waals surface area contributed by atoms with Crippen LogP contribution in [0.3, 0.4) is 0 Å². The molecule has 0 spiro atoms. The number of benzene rings is 1. The van der Waals surface area contributed by atoms with Crippen molar-refractivity contribution in [1.29, 1.82) is 0 Å². The van der Waals surface area contributed by atoms with Gasteiger partial charge in [0.1, 0.15) is 0 Å². The maximum Gasteiger partial charge on any atom is -0.00574 e. The van der Waals surface area contributed by atoms with E-state index in [-0.39, 0.29) is 0 Å². The van der Waals surface area contributed by atoms with Crippen LogP contribution in [0.5, 0.6) is 0 Å². The van der Waals surface area contributed by atoms with Gasteiger partial charge >= 0.3 is 0 Å². The second-order valence-corrected chi connectivity index (χ2v) is 3.66. The molecule has 1 aromatic rings. The molecule has 12 heavy (non-hydrogen) atoms. The molecule has 0 bridgehead atoms. The molecule has 0 N–H and O–H groups in total. The Morgan fingerprint density at radius 3 is 1.83 bits per heavy atom. The Hall–Kier alpha value is -0.0800. The fourth-order valence-electron chi connectivity index (χ4n) is 1.20. The second kappa shape index (κ2) is 5.55. The molecule has 0 nitrogen and oxygen atoms in total. The van der Waals surface area contributed by atoms with Gasteiger partial charge in [0.15, 0.2) is 0 Å². The quantitative estimate of drug-likeness (QED) is 0.683. The number of thiol groups is 2. The molecule has 0 aliphatic heterocycles. The average molecular weight is 198 g/mol. The molecule has 1 rings (SSSR count). The van der Waals surface area contributed by atoms with E-state index in [1.165, 1.54) is 11.1 Å². The van der Waals surface area contributed by atoms with Crippen LogP contribution in [0.4, 0.5) is 0 Å². The minimum atomic E-state index is 0.921. The zero-order chi connectivity index (χ0) is 8.81. The molecular weight excluding hydrogens is 184 g/mol. The molecule has 0 aliphatic rings. The van der Waals surface area contributed by atoms with E-state index in [9.17, 15) is 0 Å². The minimum absolute atomic E-state index is 0.921. The van der Waals surface area contributed by atoms with Crippen LogP contribution in [0.15, 0.2) is 24.3 Å². The smallest absolute Gasteiger partial charge is 0.00574 e. The van der Waals surface area contributed by atoms with E-state index in [2.05, 4.69) is 49.5 Å². The lowest BCUT2D eigenvalue weighted by Gasteiger charge is -2.01. The Balaban J connectivity index is 2.67. The van der Waals surface area contributed by atoms with Crippen LogP contribution in [0, 0.1) is 0 Å². The highest BCUT2D eigenvalue weighted by molar-refractivity contribution is 7.80. The highest BCUT2D eigenvalue weighted by Crippen LogP contribution is 2.07. The van der Waals surface area contributed by atoms with Gasteiger partial charge in [0.2, 0.25) is 0 Å². The molecule has 2 heteroatoms. The van der Waals surface area contributed by atoms with Crippen LogP contribution in [0.25, 0.3) is 0 Å². The Kier molecular flexibility index (Phi) is 4.62. The summed E-state index contributed by atoms with van der Waals surface area (Å²) in [5, 5.41) is 0. The largest absolute Gasteiger partial charge is 0.179 e. The van der Waals surface area contributed by atoms with Crippen LogP contribution in [0.1, 0.15) is 11.1 Å². The molecule has 0 amide bonds. The van der Waals surface area contributed by atoms with Gasteiger partial charge < -0.3 is 0 Å². The zero-order valence-corrected chi connectivity index (χ0v) is 8.82. The van der Waals surface area contributed by atoms with Crippen LogP contribution in [0.2, 0.25) is 0 Å². The lowest BCUT2D eigenvalue weighted by molar-refractivity contribution is 1.11. The molecule has 0 unspecified atom stereocenters. The van der Waals surface area contributed by atoms with Crippen molar-refractivity contribution in [3.8, 4) is 0 Å². The van der Waals surface area contributed by atoms with E-state index >= 15 is 0 Å². The third-order valence-electron chi connectivity index (χ3n) is 1.79. The summed E-state index contributed by atoms with van der Waals surface area (Å²) in [5.41, 5.74) is 2.76. The summed E-state index contributed by atoms with van der Waals surface area (Å²) >= 11 is 8.41. The van der Waals surface area contributed by atoms with Crippen molar-refractivity contribution in [3.63, 3.8) is 0 Å². The zero-order valence-electron chi connectivity index (χ0n) is 7.03. The normalized spacial score (nSPS) is 10.2. The third kappa shape index (κ3) is 3.11. The lowest BCUT2D eigenvalue weighted by Crippen LogP contribution is -1.90. The van der Waals surface area contributed by atoms with Gasteiger partial charge in [-0.2, -0.15) is 25.3 Å². The van der Waals surface area contributed by atoms with Crippen molar-refractivity contribution >= 4 is 25.3 Å². The summed E-state index contributed by atoms with van der Waals surface area (Å²) in [6, 6.07) is 8.65. The van der Waals surface area contributed by atoms with Gasteiger partial charge in [-0.15, -0.1) is 0 Å². The SMILES string of the molecule is SCCc1cccc(CCS)c1. The highest BCUT2D eigenvalue weighted by atomic mass is 32.1. The topological polar surface area (TPSA) is 0 Å². The van der Waals surface area contributed by atoms with Gasteiger partial charge in [-0.1, -0.05) is 24.3 Å². The van der Waals surface area contributed by atoms with Crippen molar-refractivity contribution in [2.75, 3.05) is 11.5 Å². The standard InChI is InChI=1S/C10H14S2/c11-6-4-9-2-1-3-10(8-9)5-7-12/h1-3,8,11-12H,4-7H2. The minimum Gasteiger partial charge on any atom is -0.179 e. The van der Waals surface area contributed by atoms with Crippen molar-refractivity contribution in [3.05, 3.63) is 35.4 Å². The first-order valence-electron chi connectivity index (χ1n) is 4.16. The molecule has 0 aliphatic carbocycles. The Morgan fingerprint density at radius 2 is 1.42 bits per heavy atom. The van der Waals surface area contributed by atoms with Crippen molar-refractivity contribution in [2.24, 2.45) is 0 Å². The fourth-order valence-corrected chi connectivity index (χ4v) is 1.72. The van der Waals surface area contributed by atoms with Crippen LogP contribution >= 0.6 is 25.3 Å². The van der Waals surface area contributed by atoms with E-state index in [4.69, 9.17) is 0 Å². The van der Waals surface area contributed by atoms with Crippen molar-refractivity contribution in [1.82, 2.24) is 0 Å². The molecule has 0 fully saturated rings. The van der Waals surface area contributed by atoms with Gasteiger partial charge in [0.05, 0.1) is 0 Å². The summed E-state index contributed by atoms with van der Waals surface area (Å²) in [5.74, 6) is 1.84. The molecule has 1 aromatic carbocycles. The summed E-state index contributed by atoms with van der Waals surface area (Å²) in [6.45, 7) is 0. The van der Waals surface area contributed by atoms with Gasteiger partial charge in [0.25, 0.3) is 0 Å².